The maximum atomic E-state index is 12.8. The first-order chi connectivity index (χ1) is 10.4. The lowest BCUT2D eigenvalue weighted by Crippen LogP contribution is -2.05. The van der Waals surface area contributed by atoms with E-state index in [4.69, 9.17) is 22.1 Å². The molecule has 0 unspecified atom stereocenters. The van der Waals surface area contributed by atoms with Gasteiger partial charge in [-0.05, 0) is 43.7 Å². The Bertz CT molecular complexity index is 647. The predicted octanol–water partition coefficient (Wildman–Crippen LogP) is 4.44. The normalized spacial score (nSPS) is 11.5. The van der Waals surface area contributed by atoms with Gasteiger partial charge in [-0.25, -0.2) is 4.98 Å². The number of nitrogens with zero attached hydrogens (tertiary/aromatic N) is 1. The molecule has 0 radical (unpaired) electrons. The molecule has 0 aliphatic rings. The summed E-state index contributed by atoms with van der Waals surface area (Å²) < 4.78 is 43.8. The van der Waals surface area contributed by atoms with Gasteiger partial charge in [-0.2, -0.15) is 13.2 Å². The summed E-state index contributed by atoms with van der Waals surface area (Å²) in [6.45, 7) is 0.499. The Kier molecular flexibility index (Phi) is 5.26. The topological polar surface area (TPSA) is 48.1 Å². The molecule has 0 aliphatic carbocycles. The highest BCUT2D eigenvalue weighted by molar-refractivity contribution is 6.32. The lowest BCUT2D eigenvalue weighted by molar-refractivity contribution is -0.137. The third-order valence-electron chi connectivity index (χ3n) is 2.97. The van der Waals surface area contributed by atoms with E-state index in [0.29, 0.717) is 13.0 Å². The van der Waals surface area contributed by atoms with Crippen LogP contribution in [0, 0.1) is 0 Å². The van der Waals surface area contributed by atoms with E-state index in [0.717, 1.165) is 30.2 Å². The standard InChI is InChI=1S/C15H14ClF3N2O/c16-12-6-5-11(15(17,18)19)9-13(12)22-14-10(3-1-7-20)4-2-8-21-14/h2,4-6,8-9H,1,3,7,20H2. The molecule has 1 aromatic heterocycles. The number of ether oxygens (including phenoxy) is 1. The SMILES string of the molecule is NCCCc1cccnc1Oc1cc(C(F)(F)F)ccc1Cl. The number of nitrogens with two attached hydrogens (primary N) is 1. The molecule has 0 spiro atoms. The van der Waals surface area contributed by atoms with Crippen LogP contribution in [-0.2, 0) is 12.6 Å². The first kappa shape index (κ1) is 16.6. The summed E-state index contributed by atoms with van der Waals surface area (Å²) in [6, 6.07) is 6.45. The van der Waals surface area contributed by atoms with E-state index in [9.17, 15) is 13.2 Å². The highest BCUT2D eigenvalue weighted by atomic mass is 35.5. The van der Waals surface area contributed by atoms with Crippen LogP contribution in [0.25, 0.3) is 0 Å². The Balaban J connectivity index is 2.31. The van der Waals surface area contributed by atoms with Crippen LogP contribution in [0.3, 0.4) is 0 Å². The zero-order valence-corrected chi connectivity index (χ0v) is 12.3. The fourth-order valence-electron chi connectivity index (χ4n) is 1.86. The molecule has 2 rings (SSSR count). The summed E-state index contributed by atoms with van der Waals surface area (Å²) >= 11 is 5.91. The first-order valence-electron chi connectivity index (χ1n) is 6.60. The molecule has 0 saturated carbocycles. The lowest BCUT2D eigenvalue weighted by Gasteiger charge is -2.13. The van der Waals surface area contributed by atoms with Crippen molar-refractivity contribution in [2.45, 2.75) is 19.0 Å². The van der Waals surface area contributed by atoms with Crippen molar-refractivity contribution in [3.63, 3.8) is 0 Å². The summed E-state index contributed by atoms with van der Waals surface area (Å²) in [6.07, 6.45) is -1.62. The van der Waals surface area contributed by atoms with Crippen LogP contribution in [0.5, 0.6) is 11.6 Å². The van der Waals surface area contributed by atoms with Crippen LogP contribution in [0.2, 0.25) is 5.02 Å². The highest BCUT2D eigenvalue weighted by Gasteiger charge is 2.31. The molecule has 3 nitrogen and oxygen atoms in total. The smallest absolute Gasteiger partial charge is 0.416 e. The van der Waals surface area contributed by atoms with Gasteiger partial charge in [-0.1, -0.05) is 17.7 Å². The van der Waals surface area contributed by atoms with Crippen LogP contribution < -0.4 is 10.5 Å². The number of aromatic nitrogens is 1. The molecule has 0 amide bonds. The molecule has 1 aromatic carbocycles. The first-order valence-corrected chi connectivity index (χ1v) is 6.98. The third kappa shape index (κ3) is 4.11. The number of alkyl halides is 3. The molecular weight excluding hydrogens is 317 g/mol. The zero-order valence-electron chi connectivity index (χ0n) is 11.5. The minimum Gasteiger partial charge on any atom is -0.437 e. The van der Waals surface area contributed by atoms with Crippen molar-refractivity contribution in [2.75, 3.05) is 6.54 Å². The quantitative estimate of drug-likeness (QED) is 0.881. The highest BCUT2D eigenvalue weighted by Crippen LogP contribution is 2.37. The second-order valence-electron chi connectivity index (χ2n) is 4.60. The maximum absolute atomic E-state index is 12.8. The summed E-state index contributed by atoms with van der Waals surface area (Å²) in [5.41, 5.74) is 5.40. The van der Waals surface area contributed by atoms with Gasteiger partial charge in [0.1, 0.15) is 5.75 Å². The van der Waals surface area contributed by atoms with Crippen molar-refractivity contribution in [3.05, 3.63) is 52.7 Å². The van der Waals surface area contributed by atoms with Crippen molar-refractivity contribution in [3.8, 4) is 11.6 Å². The van der Waals surface area contributed by atoms with Gasteiger partial charge >= 0.3 is 6.18 Å². The van der Waals surface area contributed by atoms with Crippen LogP contribution in [0.4, 0.5) is 13.2 Å². The molecule has 0 saturated heterocycles. The van der Waals surface area contributed by atoms with Crippen LogP contribution in [0.15, 0.2) is 36.5 Å². The molecule has 22 heavy (non-hydrogen) atoms. The van der Waals surface area contributed by atoms with Crippen LogP contribution in [-0.4, -0.2) is 11.5 Å². The van der Waals surface area contributed by atoms with E-state index in [1.54, 1.807) is 12.1 Å². The molecular formula is C15H14ClF3N2O. The fourth-order valence-corrected chi connectivity index (χ4v) is 2.02. The monoisotopic (exact) mass is 330 g/mol. The summed E-state index contributed by atoms with van der Waals surface area (Å²) in [4.78, 5) is 4.06. The number of benzene rings is 1. The predicted molar refractivity (Wildman–Crippen MR) is 78.1 cm³/mol. The molecule has 1 heterocycles. The number of aryl methyl sites for hydroxylation is 1. The van der Waals surface area contributed by atoms with Crippen molar-refractivity contribution in [1.82, 2.24) is 4.98 Å². The van der Waals surface area contributed by atoms with E-state index >= 15 is 0 Å². The van der Waals surface area contributed by atoms with Gasteiger partial charge in [0.15, 0.2) is 0 Å². The van der Waals surface area contributed by atoms with Gasteiger partial charge in [-0.15, -0.1) is 0 Å². The average molecular weight is 331 g/mol. The minimum atomic E-state index is -4.46. The van der Waals surface area contributed by atoms with Gasteiger partial charge < -0.3 is 10.5 Å². The summed E-state index contributed by atoms with van der Waals surface area (Å²) in [5, 5.41) is 0.0865. The fraction of sp³-hybridized carbons (Fsp3) is 0.267. The number of pyridine rings is 1. The molecule has 0 aliphatic heterocycles. The molecule has 2 aromatic rings. The largest absolute Gasteiger partial charge is 0.437 e. The molecule has 118 valence electrons. The van der Waals surface area contributed by atoms with E-state index in [1.807, 2.05) is 0 Å². The molecule has 0 atom stereocenters. The number of halogens is 4. The Morgan fingerprint density at radius 3 is 2.68 bits per heavy atom. The second kappa shape index (κ2) is 6.98. The lowest BCUT2D eigenvalue weighted by atomic mass is 10.1. The number of hydrogen-bond donors (Lipinski definition) is 1. The molecule has 2 N–H and O–H groups in total. The van der Waals surface area contributed by atoms with E-state index in [2.05, 4.69) is 4.98 Å². The molecule has 7 heteroatoms. The van der Waals surface area contributed by atoms with Gasteiger partial charge in [0.05, 0.1) is 10.6 Å². The Hall–Kier alpha value is -1.79. The summed E-state index contributed by atoms with van der Waals surface area (Å²) in [5.74, 6) is 0.154. The Labute approximate surface area is 130 Å². The zero-order chi connectivity index (χ0) is 16.2. The second-order valence-corrected chi connectivity index (χ2v) is 5.01. The summed E-state index contributed by atoms with van der Waals surface area (Å²) in [7, 11) is 0. The van der Waals surface area contributed by atoms with Crippen molar-refractivity contribution in [1.29, 1.82) is 0 Å². The van der Waals surface area contributed by atoms with Crippen LogP contribution >= 0.6 is 11.6 Å². The minimum absolute atomic E-state index is 0.0795. The van der Waals surface area contributed by atoms with Gasteiger partial charge in [0.2, 0.25) is 5.88 Å². The van der Waals surface area contributed by atoms with Crippen molar-refractivity contribution < 1.29 is 17.9 Å². The van der Waals surface area contributed by atoms with Crippen molar-refractivity contribution in [2.24, 2.45) is 5.73 Å². The molecule has 0 fully saturated rings. The Morgan fingerprint density at radius 2 is 2.00 bits per heavy atom. The third-order valence-corrected chi connectivity index (χ3v) is 3.28. The maximum Gasteiger partial charge on any atom is 0.416 e. The van der Waals surface area contributed by atoms with Crippen molar-refractivity contribution >= 4 is 11.6 Å². The average Bonchev–Trinajstić information content (AvgIpc) is 2.47. The van der Waals surface area contributed by atoms with Crippen LogP contribution in [0.1, 0.15) is 17.5 Å². The number of rotatable bonds is 5. The van der Waals surface area contributed by atoms with Gasteiger partial charge in [-0.3, -0.25) is 0 Å². The van der Waals surface area contributed by atoms with E-state index in [1.165, 1.54) is 6.20 Å². The van der Waals surface area contributed by atoms with Gasteiger partial charge in [0, 0.05) is 11.8 Å². The van der Waals surface area contributed by atoms with E-state index < -0.39 is 11.7 Å². The van der Waals surface area contributed by atoms with Gasteiger partial charge in [0.25, 0.3) is 0 Å². The number of hydrogen-bond acceptors (Lipinski definition) is 3. The molecule has 0 bridgehead atoms. The van der Waals surface area contributed by atoms with E-state index in [-0.39, 0.29) is 16.7 Å². The Morgan fingerprint density at radius 1 is 1.23 bits per heavy atom.